The number of nitrogens with one attached hydrogen (secondary N) is 1. The number of benzene rings is 1. The van der Waals surface area contributed by atoms with E-state index in [1.807, 2.05) is 39.0 Å². The smallest absolute Gasteiger partial charge is 0.166 e. The van der Waals surface area contributed by atoms with E-state index in [2.05, 4.69) is 12.2 Å². The van der Waals surface area contributed by atoms with Gasteiger partial charge in [-0.25, -0.2) is 0 Å². The molecule has 0 amide bonds. The van der Waals surface area contributed by atoms with Crippen molar-refractivity contribution < 1.29 is 4.79 Å². The SMILES string of the molecule is CCNCC(C)C(=O)c1ccc(C)c(C)c1. The summed E-state index contributed by atoms with van der Waals surface area (Å²) in [6.45, 7) is 9.78. The third-order valence-corrected chi connectivity index (χ3v) is 2.94. The van der Waals surface area contributed by atoms with Gasteiger partial charge in [0.1, 0.15) is 0 Å². The molecular weight excluding hydrogens is 198 g/mol. The second kappa shape index (κ2) is 5.80. The fraction of sp³-hybridized carbons (Fsp3) is 0.500. The average molecular weight is 219 g/mol. The molecule has 0 aliphatic heterocycles. The van der Waals surface area contributed by atoms with Crippen molar-refractivity contribution >= 4 is 5.78 Å². The van der Waals surface area contributed by atoms with Crippen molar-refractivity contribution in [3.63, 3.8) is 0 Å². The van der Waals surface area contributed by atoms with Crippen LogP contribution in [0.2, 0.25) is 0 Å². The highest BCUT2D eigenvalue weighted by molar-refractivity contribution is 5.98. The van der Waals surface area contributed by atoms with E-state index in [9.17, 15) is 4.79 Å². The first-order valence-corrected chi connectivity index (χ1v) is 5.88. The molecule has 88 valence electrons. The minimum absolute atomic E-state index is 0.0436. The molecule has 1 aromatic carbocycles. The lowest BCUT2D eigenvalue weighted by Crippen LogP contribution is -2.26. The van der Waals surface area contributed by atoms with E-state index >= 15 is 0 Å². The van der Waals surface area contributed by atoms with Crippen LogP contribution in [-0.4, -0.2) is 18.9 Å². The van der Waals surface area contributed by atoms with Crippen LogP contribution in [0, 0.1) is 19.8 Å². The largest absolute Gasteiger partial charge is 0.316 e. The molecular formula is C14H21NO. The first kappa shape index (κ1) is 12.9. The van der Waals surface area contributed by atoms with Crippen molar-refractivity contribution in [3.8, 4) is 0 Å². The molecule has 1 aromatic rings. The molecule has 2 heteroatoms. The molecule has 2 nitrogen and oxygen atoms in total. The topological polar surface area (TPSA) is 29.1 Å². The molecule has 0 aromatic heterocycles. The molecule has 0 radical (unpaired) electrons. The van der Waals surface area contributed by atoms with Crippen molar-refractivity contribution in [1.82, 2.24) is 5.32 Å². The molecule has 0 saturated carbocycles. The third-order valence-electron chi connectivity index (χ3n) is 2.94. The average Bonchev–Trinajstić information content (AvgIpc) is 2.28. The summed E-state index contributed by atoms with van der Waals surface area (Å²) in [7, 11) is 0. The first-order valence-electron chi connectivity index (χ1n) is 5.88. The lowest BCUT2D eigenvalue weighted by molar-refractivity contribution is 0.0929. The zero-order valence-electron chi connectivity index (χ0n) is 10.6. The number of carbonyl (C=O) groups excluding carboxylic acids is 1. The fourth-order valence-corrected chi connectivity index (χ4v) is 1.63. The van der Waals surface area contributed by atoms with Crippen molar-refractivity contribution in [3.05, 3.63) is 34.9 Å². The summed E-state index contributed by atoms with van der Waals surface area (Å²) in [4.78, 5) is 12.1. The molecule has 0 aliphatic carbocycles. The Bertz CT molecular complexity index is 371. The highest BCUT2D eigenvalue weighted by Gasteiger charge is 2.14. The van der Waals surface area contributed by atoms with Crippen molar-refractivity contribution in [2.24, 2.45) is 5.92 Å². The summed E-state index contributed by atoms with van der Waals surface area (Å²) in [5.41, 5.74) is 3.24. The van der Waals surface area contributed by atoms with Crippen LogP contribution < -0.4 is 5.32 Å². The van der Waals surface area contributed by atoms with E-state index < -0.39 is 0 Å². The van der Waals surface area contributed by atoms with Gasteiger partial charge in [0.2, 0.25) is 0 Å². The van der Waals surface area contributed by atoms with Gasteiger partial charge in [0.15, 0.2) is 5.78 Å². The Kier molecular flexibility index (Phi) is 4.69. The van der Waals surface area contributed by atoms with Crippen LogP contribution in [0.3, 0.4) is 0 Å². The molecule has 16 heavy (non-hydrogen) atoms. The summed E-state index contributed by atoms with van der Waals surface area (Å²) < 4.78 is 0. The zero-order chi connectivity index (χ0) is 12.1. The maximum Gasteiger partial charge on any atom is 0.166 e. The Morgan fingerprint density at radius 2 is 2.00 bits per heavy atom. The van der Waals surface area contributed by atoms with Gasteiger partial charge >= 0.3 is 0 Å². The van der Waals surface area contributed by atoms with Gasteiger partial charge in [-0.05, 0) is 37.6 Å². The van der Waals surface area contributed by atoms with Gasteiger partial charge in [0, 0.05) is 18.0 Å². The Morgan fingerprint density at radius 1 is 1.31 bits per heavy atom. The van der Waals surface area contributed by atoms with Crippen LogP contribution in [0.1, 0.15) is 35.3 Å². The summed E-state index contributed by atoms with van der Waals surface area (Å²) in [6.07, 6.45) is 0. The van der Waals surface area contributed by atoms with E-state index in [-0.39, 0.29) is 11.7 Å². The normalized spacial score (nSPS) is 12.5. The number of aryl methyl sites for hydroxylation is 2. The number of carbonyl (C=O) groups is 1. The Labute approximate surface area is 98.1 Å². The van der Waals surface area contributed by atoms with E-state index in [0.29, 0.717) is 0 Å². The highest BCUT2D eigenvalue weighted by Crippen LogP contribution is 2.13. The first-order chi connectivity index (χ1) is 7.56. The molecule has 0 fully saturated rings. The van der Waals surface area contributed by atoms with Gasteiger partial charge < -0.3 is 5.32 Å². The van der Waals surface area contributed by atoms with Gasteiger partial charge in [-0.2, -0.15) is 0 Å². The van der Waals surface area contributed by atoms with Crippen molar-refractivity contribution in [2.75, 3.05) is 13.1 Å². The fourth-order valence-electron chi connectivity index (χ4n) is 1.63. The van der Waals surface area contributed by atoms with E-state index in [4.69, 9.17) is 0 Å². The summed E-state index contributed by atoms with van der Waals surface area (Å²) >= 11 is 0. The number of hydrogen-bond donors (Lipinski definition) is 1. The summed E-state index contributed by atoms with van der Waals surface area (Å²) in [5, 5.41) is 3.20. The van der Waals surface area contributed by atoms with Crippen LogP contribution in [0.4, 0.5) is 0 Å². The van der Waals surface area contributed by atoms with Crippen LogP contribution in [0.5, 0.6) is 0 Å². The molecule has 1 unspecified atom stereocenters. The quantitative estimate of drug-likeness (QED) is 0.771. The Balaban J connectivity index is 2.76. The van der Waals surface area contributed by atoms with E-state index in [0.717, 1.165) is 18.7 Å². The second-order valence-corrected chi connectivity index (χ2v) is 4.37. The van der Waals surface area contributed by atoms with Gasteiger partial charge in [-0.3, -0.25) is 4.79 Å². The maximum atomic E-state index is 12.1. The molecule has 1 rings (SSSR count). The summed E-state index contributed by atoms with van der Waals surface area (Å²) in [6, 6.07) is 5.93. The standard InChI is InChI=1S/C14H21NO/c1-5-15-9-12(4)14(16)13-7-6-10(2)11(3)8-13/h6-8,12,15H,5,9H2,1-4H3. The van der Waals surface area contributed by atoms with Gasteiger partial charge in [0.05, 0.1) is 0 Å². The zero-order valence-corrected chi connectivity index (χ0v) is 10.6. The number of ketones is 1. The molecule has 0 bridgehead atoms. The van der Waals surface area contributed by atoms with Gasteiger partial charge in [0.25, 0.3) is 0 Å². The third kappa shape index (κ3) is 3.17. The Hall–Kier alpha value is -1.15. The number of Topliss-reactive ketones (excluding diaryl/α,β-unsaturated/α-hetero) is 1. The van der Waals surface area contributed by atoms with Crippen LogP contribution >= 0.6 is 0 Å². The predicted octanol–water partition coefficient (Wildman–Crippen LogP) is 2.73. The lowest BCUT2D eigenvalue weighted by atomic mass is 9.96. The number of rotatable bonds is 5. The molecule has 0 spiro atoms. The van der Waals surface area contributed by atoms with Crippen LogP contribution in [0.15, 0.2) is 18.2 Å². The highest BCUT2D eigenvalue weighted by atomic mass is 16.1. The molecule has 0 saturated heterocycles. The maximum absolute atomic E-state index is 12.1. The minimum Gasteiger partial charge on any atom is -0.316 e. The second-order valence-electron chi connectivity index (χ2n) is 4.37. The molecule has 1 atom stereocenters. The van der Waals surface area contributed by atoms with Gasteiger partial charge in [-0.15, -0.1) is 0 Å². The monoisotopic (exact) mass is 219 g/mol. The van der Waals surface area contributed by atoms with Crippen LogP contribution in [0.25, 0.3) is 0 Å². The molecule has 1 N–H and O–H groups in total. The van der Waals surface area contributed by atoms with E-state index in [1.165, 1.54) is 11.1 Å². The molecule has 0 aliphatic rings. The lowest BCUT2D eigenvalue weighted by Gasteiger charge is -2.11. The minimum atomic E-state index is 0.0436. The van der Waals surface area contributed by atoms with Crippen molar-refractivity contribution in [2.45, 2.75) is 27.7 Å². The summed E-state index contributed by atoms with van der Waals surface area (Å²) in [5.74, 6) is 0.270. The Morgan fingerprint density at radius 3 is 2.56 bits per heavy atom. The van der Waals surface area contributed by atoms with Crippen molar-refractivity contribution in [1.29, 1.82) is 0 Å². The van der Waals surface area contributed by atoms with Crippen LogP contribution in [-0.2, 0) is 0 Å². The molecule has 0 heterocycles. The van der Waals surface area contributed by atoms with E-state index in [1.54, 1.807) is 0 Å². The number of hydrogen-bond acceptors (Lipinski definition) is 2. The predicted molar refractivity (Wildman–Crippen MR) is 68.0 cm³/mol. The van der Waals surface area contributed by atoms with Gasteiger partial charge in [-0.1, -0.05) is 26.0 Å².